The van der Waals surface area contributed by atoms with Gasteiger partial charge in [-0.25, -0.2) is 0 Å². The largest absolute Gasteiger partial charge is 0.388 e. The summed E-state index contributed by atoms with van der Waals surface area (Å²) in [4.78, 5) is 11.9. The highest BCUT2D eigenvalue weighted by atomic mass is 16.3. The highest BCUT2D eigenvalue weighted by molar-refractivity contribution is 5.95. The van der Waals surface area contributed by atoms with Gasteiger partial charge in [0.05, 0.1) is 11.6 Å². The van der Waals surface area contributed by atoms with Crippen LogP contribution in [0.3, 0.4) is 0 Å². The fourth-order valence-electron chi connectivity index (χ4n) is 1.67. The summed E-state index contributed by atoms with van der Waals surface area (Å²) in [5.74, 6) is -0.0259. The zero-order valence-corrected chi connectivity index (χ0v) is 11.7. The van der Waals surface area contributed by atoms with Gasteiger partial charge in [-0.2, -0.15) is 0 Å². The van der Waals surface area contributed by atoms with Gasteiger partial charge in [0.1, 0.15) is 0 Å². The van der Waals surface area contributed by atoms with Gasteiger partial charge in [-0.3, -0.25) is 4.79 Å². The molecule has 3 N–H and O–H groups in total. The molecule has 104 valence electrons. The molecule has 1 aliphatic rings. The first-order valence-corrected chi connectivity index (χ1v) is 6.76. The van der Waals surface area contributed by atoms with Crippen molar-refractivity contribution in [2.75, 3.05) is 5.32 Å². The Kier molecular flexibility index (Phi) is 3.80. The van der Waals surface area contributed by atoms with Crippen LogP contribution in [0.15, 0.2) is 24.3 Å². The quantitative estimate of drug-likeness (QED) is 0.762. The van der Waals surface area contributed by atoms with Crippen LogP contribution in [0.2, 0.25) is 0 Å². The van der Waals surface area contributed by atoms with Crippen molar-refractivity contribution in [1.29, 1.82) is 0 Å². The van der Waals surface area contributed by atoms with E-state index < -0.39 is 5.60 Å². The highest BCUT2D eigenvalue weighted by Crippen LogP contribution is 2.21. The Bertz CT molecular complexity index is 461. The van der Waals surface area contributed by atoms with Gasteiger partial charge in [0.2, 0.25) is 0 Å². The first-order valence-electron chi connectivity index (χ1n) is 6.76. The maximum absolute atomic E-state index is 11.9. The number of hydrogen-bond donors (Lipinski definition) is 3. The molecule has 0 aromatic heterocycles. The van der Waals surface area contributed by atoms with Gasteiger partial charge in [0.15, 0.2) is 0 Å². The van der Waals surface area contributed by atoms with Crippen molar-refractivity contribution >= 4 is 11.6 Å². The molecular weight excluding hydrogens is 240 g/mol. The van der Waals surface area contributed by atoms with Gasteiger partial charge >= 0.3 is 0 Å². The Morgan fingerprint density at radius 2 is 2.11 bits per heavy atom. The third-order valence-electron chi connectivity index (χ3n) is 3.48. The van der Waals surface area contributed by atoms with Crippen LogP contribution in [-0.2, 0) is 0 Å². The lowest BCUT2D eigenvalue weighted by atomic mass is 10.0. The Morgan fingerprint density at radius 3 is 2.68 bits per heavy atom. The van der Waals surface area contributed by atoms with Crippen LogP contribution in [0.4, 0.5) is 5.69 Å². The Balaban J connectivity index is 2.03. The number of nitrogens with one attached hydrogen (secondary N) is 2. The van der Waals surface area contributed by atoms with Gasteiger partial charge in [0, 0.05) is 17.3 Å². The molecule has 0 radical (unpaired) electrons. The number of carbonyl (C=O) groups excluding carboxylic acids is 1. The van der Waals surface area contributed by atoms with E-state index in [9.17, 15) is 9.90 Å². The summed E-state index contributed by atoms with van der Waals surface area (Å²) in [6.45, 7) is 5.43. The first-order chi connectivity index (χ1) is 8.86. The fourth-order valence-corrected chi connectivity index (χ4v) is 1.67. The lowest BCUT2D eigenvalue weighted by Crippen LogP contribution is -2.39. The lowest BCUT2D eigenvalue weighted by molar-refractivity contribution is 0.0649. The summed E-state index contributed by atoms with van der Waals surface area (Å²) in [5.41, 5.74) is 0.685. The highest BCUT2D eigenvalue weighted by Gasteiger charge is 2.24. The molecule has 0 spiro atoms. The van der Waals surface area contributed by atoms with Crippen LogP contribution in [0.25, 0.3) is 0 Å². The van der Waals surface area contributed by atoms with Crippen molar-refractivity contribution < 1.29 is 9.90 Å². The Labute approximate surface area is 114 Å². The summed E-state index contributed by atoms with van der Waals surface area (Å²) < 4.78 is 0. The molecule has 1 amide bonds. The second-order valence-corrected chi connectivity index (χ2v) is 5.85. The standard InChI is InChI=1S/C15H22N2O2/c1-10(15(2,3)19)16-13-6-4-5-11(9-13)14(18)17-12-7-8-12/h4-6,9-10,12,16,19H,7-8H2,1-3H3,(H,17,18). The second-order valence-electron chi connectivity index (χ2n) is 5.85. The molecule has 4 heteroatoms. The first kappa shape index (κ1) is 13.9. The molecule has 0 saturated heterocycles. The monoisotopic (exact) mass is 262 g/mol. The molecule has 2 rings (SSSR count). The minimum atomic E-state index is -0.813. The zero-order chi connectivity index (χ0) is 14.0. The van der Waals surface area contributed by atoms with Gasteiger partial charge < -0.3 is 15.7 Å². The van der Waals surface area contributed by atoms with Gasteiger partial charge in [0.25, 0.3) is 5.91 Å². The third kappa shape index (κ3) is 3.96. The predicted molar refractivity (Wildman–Crippen MR) is 76.3 cm³/mol. The minimum absolute atomic E-state index is 0.0259. The maximum atomic E-state index is 11.9. The van der Waals surface area contributed by atoms with Crippen molar-refractivity contribution in [2.45, 2.75) is 51.3 Å². The molecule has 1 unspecified atom stereocenters. The normalized spacial score (nSPS) is 16.8. The van der Waals surface area contributed by atoms with E-state index in [0.29, 0.717) is 11.6 Å². The Hall–Kier alpha value is -1.55. The maximum Gasteiger partial charge on any atom is 0.251 e. The van der Waals surface area contributed by atoms with Gasteiger partial charge in [-0.15, -0.1) is 0 Å². The summed E-state index contributed by atoms with van der Waals surface area (Å²) in [6, 6.07) is 7.63. The van der Waals surface area contributed by atoms with Crippen molar-refractivity contribution in [2.24, 2.45) is 0 Å². The van der Waals surface area contributed by atoms with E-state index in [1.54, 1.807) is 19.9 Å². The van der Waals surface area contributed by atoms with Crippen molar-refractivity contribution in [1.82, 2.24) is 5.32 Å². The Morgan fingerprint density at radius 1 is 1.42 bits per heavy atom. The molecule has 1 aromatic carbocycles. The molecule has 1 atom stereocenters. The van der Waals surface area contributed by atoms with Gasteiger partial charge in [-0.05, 0) is 51.8 Å². The molecule has 4 nitrogen and oxygen atoms in total. The van der Waals surface area contributed by atoms with E-state index in [1.165, 1.54) is 0 Å². The van der Waals surface area contributed by atoms with Crippen LogP contribution >= 0.6 is 0 Å². The number of amides is 1. The summed E-state index contributed by atoms with van der Waals surface area (Å²) in [5, 5.41) is 16.1. The average Bonchev–Trinajstić information content (AvgIpc) is 3.12. The number of carbonyl (C=O) groups is 1. The lowest BCUT2D eigenvalue weighted by Gasteiger charge is -2.27. The average molecular weight is 262 g/mol. The van der Waals surface area contributed by atoms with E-state index in [4.69, 9.17) is 0 Å². The number of hydrogen-bond acceptors (Lipinski definition) is 3. The number of anilines is 1. The number of benzene rings is 1. The minimum Gasteiger partial charge on any atom is -0.388 e. The van der Waals surface area contributed by atoms with Crippen molar-refractivity contribution in [3.8, 4) is 0 Å². The van der Waals surface area contributed by atoms with Crippen molar-refractivity contribution in [3.05, 3.63) is 29.8 Å². The summed E-state index contributed by atoms with van der Waals surface area (Å²) in [6.07, 6.45) is 2.17. The van der Waals surface area contributed by atoms with E-state index in [-0.39, 0.29) is 11.9 Å². The number of aliphatic hydroxyl groups is 1. The molecule has 1 fully saturated rings. The molecule has 1 aliphatic carbocycles. The smallest absolute Gasteiger partial charge is 0.251 e. The topological polar surface area (TPSA) is 61.4 Å². The summed E-state index contributed by atoms with van der Waals surface area (Å²) >= 11 is 0. The molecule has 1 saturated carbocycles. The molecule has 19 heavy (non-hydrogen) atoms. The predicted octanol–water partition coefficient (Wildman–Crippen LogP) is 2.15. The molecule has 1 aromatic rings. The van der Waals surface area contributed by atoms with Crippen LogP contribution in [-0.4, -0.2) is 28.7 Å². The fraction of sp³-hybridized carbons (Fsp3) is 0.533. The SMILES string of the molecule is CC(Nc1cccc(C(=O)NC2CC2)c1)C(C)(C)O. The van der Waals surface area contributed by atoms with Crippen LogP contribution < -0.4 is 10.6 Å². The zero-order valence-electron chi connectivity index (χ0n) is 11.7. The third-order valence-corrected chi connectivity index (χ3v) is 3.48. The molecular formula is C15H22N2O2. The molecule has 0 bridgehead atoms. The van der Waals surface area contributed by atoms with Gasteiger partial charge in [-0.1, -0.05) is 6.07 Å². The van der Waals surface area contributed by atoms with Crippen LogP contribution in [0.1, 0.15) is 44.0 Å². The van der Waals surface area contributed by atoms with E-state index in [2.05, 4.69) is 10.6 Å². The van der Waals surface area contributed by atoms with Crippen molar-refractivity contribution in [3.63, 3.8) is 0 Å². The van der Waals surface area contributed by atoms with Crippen LogP contribution in [0.5, 0.6) is 0 Å². The molecule has 0 heterocycles. The van der Waals surface area contributed by atoms with E-state index in [0.717, 1.165) is 18.5 Å². The van der Waals surface area contributed by atoms with Crippen LogP contribution in [0, 0.1) is 0 Å². The second kappa shape index (κ2) is 5.21. The molecule has 0 aliphatic heterocycles. The number of rotatable bonds is 5. The van der Waals surface area contributed by atoms with E-state index in [1.807, 2.05) is 25.1 Å². The van der Waals surface area contributed by atoms with E-state index >= 15 is 0 Å². The summed E-state index contributed by atoms with van der Waals surface area (Å²) in [7, 11) is 0.